The maximum atomic E-state index is 12.1. The van der Waals surface area contributed by atoms with Gasteiger partial charge in [0.2, 0.25) is 5.88 Å². The molecule has 0 fully saturated rings. The van der Waals surface area contributed by atoms with Crippen LogP contribution in [-0.2, 0) is 11.3 Å². The standard InChI is InChI=1S/C15H16ClN3O2/c1-11-5-7-17-8-12(11)9-19(2)14(20)10-21-15-13(16)4-3-6-18-15/h3-8H,9-10H2,1-2H3. The molecule has 2 aromatic heterocycles. The first kappa shape index (κ1) is 15.3. The van der Waals surface area contributed by atoms with Gasteiger partial charge >= 0.3 is 0 Å². The molecule has 6 heteroatoms. The van der Waals surface area contributed by atoms with Crippen LogP contribution in [0, 0.1) is 6.92 Å². The lowest BCUT2D eigenvalue weighted by Gasteiger charge is -2.18. The van der Waals surface area contributed by atoms with E-state index in [-0.39, 0.29) is 18.4 Å². The SMILES string of the molecule is Cc1ccncc1CN(C)C(=O)COc1ncccc1Cl. The molecule has 2 rings (SSSR count). The van der Waals surface area contributed by atoms with Gasteiger partial charge in [-0.2, -0.15) is 0 Å². The van der Waals surface area contributed by atoms with Gasteiger partial charge in [0.05, 0.1) is 0 Å². The fourth-order valence-electron chi connectivity index (χ4n) is 1.72. The van der Waals surface area contributed by atoms with Crippen molar-refractivity contribution in [3.05, 3.63) is 52.9 Å². The molecule has 0 saturated carbocycles. The lowest BCUT2D eigenvalue weighted by atomic mass is 10.1. The molecule has 0 atom stereocenters. The lowest BCUT2D eigenvalue weighted by molar-refractivity contribution is -0.132. The number of aryl methyl sites for hydroxylation is 1. The van der Waals surface area contributed by atoms with Crippen LogP contribution in [0.3, 0.4) is 0 Å². The van der Waals surface area contributed by atoms with Crippen molar-refractivity contribution in [1.82, 2.24) is 14.9 Å². The first-order chi connectivity index (χ1) is 10.1. The summed E-state index contributed by atoms with van der Waals surface area (Å²) in [5, 5.41) is 0.385. The molecule has 1 amide bonds. The summed E-state index contributed by atoms with van der Waals surface area (Å²) >= 11 is 5.92. The number of amides is 1. The minimum Gasteiger partial charge on any atom is -0.466 e. The van der Waals surface area contributed by atoms with Gasteiger partial charge in [0.15, 0.2) is 6.61 Å². The summed E-state index contributed by atoms with van der Waals surface area (Å²) in [6.07, 6.45) is 5.05. The van der Waals surface area contributed by atoms with Gasteiger partial charge in [-0.15, -0.1) is 0 Å². The topological polar surface area (TPSA) is 55.3 Å². The van der Waals surface area contributed by atoms with Gasteiger partial charge in [-0.1, -0.05) is 11.6 Å². The fraction of sp³-hybridized carbons (Fsp3) is 0.267. The zero-order chi connectivity index (χ0) is 15.2. The van der Waals surface area contributed by atoms with Crippen molar-refractivity contribution in [3.63, 3.8) is 0 Å². The van der Waals surface area contributed by atoms with Gasteiger partial charge in [0.25, 0.3) is 5.91 Å². The molecular weight excluding hydrogens is 290 g/mol. The number of nitrogens with zero attached hydrogens (tertiary/aromatic N) is 3. The number of halogens is 1. The summed E-state index contributed by atoms with van der Waals surface area (Å²) in [5.74, 6) is 0.110. The molecule has 0 aliphatic rings. The maximum absolute atomic E-state index is 12.1. The monoisotopic (exact) mass is 305 g/mol. The van der Waals surface area contributed by atoms with Crippen LogP contribution < -0.4 is 4.74 Å². The zero-order valence-corrected chi connectivity index (χ0v) is 12.7. The van der Waals surface area contributed by atoms with Crippen molar-refractivity contribution in [2.24, 2.45) is 0 Å². The quantitative estimate of drug-likeness (QED) is 0.851. The number of carbonyl (C=O) groups excluding carboxylic acids is 1. The predicted octanol–water partition coefficient (Wildman–Crippen LogP) is 2.48. The van der Waals surface area contributed by atoms with Crippen molar-refractivity contribution < 1.29 is 9.53 Å². The number of hydrogen-bond acceptors (Lipinski definition) is 4. The van der Waals surface area contributed by atoms with Crippen molar-refractivity contribution in [2.75, 3.05) is 13.7 Å². The highest BCUT2D eigenvalue weighted by Gasteiger charge is 2.12. The minimum absolute atomic E-state index is 0.105. The highest BCUT2D eigenvalue weighted by molar-refractivity contribution is 6.31. The van der Waals surface area contributed by atoms with Gasteiger partial charge in [-0.25, -0.2) is 4.98 Å². The van der Waals surface area contributed by atoms with Crippen LogP contribution in [-0.4, -0.2) is 34.4 Å². The third-order valence-corrected chi connectivity index (χ3v) is 3.33. The van der Waals surface area contributed by atoms with Gasteiger partial charge in [-0.05, 0) is 36.2 Å². The smallest absolute Gasteiger partial charge is 0.260 e. The van der Waals surface area contributed by atoms with Crippen LogP contribution in [0.5, 0.6) is 5.88 Å². The zero-order valence-electron chi connectivity index (χ0n) is 11.9. The van der Waals surface area contributed by atoms with E-state index in [1.165, 1.54) is 0 Å². The summed E-state index contributed by atoms with van der Waals surface area (Å²) in [4.78, 5) is 21.7. The summed E-state index contributed by atoms with van der Waals surface area (Å²) < 4.78 is 5.34. The normalized spacial score (nSPS) is 10.2. The number of rotatable bonds is 5. The largest absolute Gasteiger partial charge is 0.466 e. The second kappa shape index (κ2) is 7.04. The van der Waals surface area contributed by atoms with E-state index in [0.29, 0.717) is 11.6 Å². The van der Waals surface area contributed by atoms with Gasteiger partial charge in [0.1, 0.15) is 5.02 Å². The lowest BCUT2D eigenvalue weighted by Crippen LogP contribution is -2.31. The van der Waals surface area contributed by atoms with Gasteiger partial charge < -0.3 is 9.64 Å². The Hall–Kier alpha value is -2.14. The third-order valence-electron chi connectivity index (χ3n) is 3.04. The average molecular weight is 306 g/mol. The highest BCUT2D eigenvalue weighted by atomic mass is 35.5. The molecule has 0 spiro atoms. The number of pyridine rings is 2. The molecule has 0 saturated heterocycles. The first-order valence-corrected chi connectivity index (χ1v) is 6.82. The molecule has 0 aliphatic carbocycles. The Morgan fingerprint density at radius 3 is 2.90 bits per heavy atom. The van der Waals surface area contributed by atoms with E-state index in [0.717, 1.165) is 11.1 Å². The van der Waals surface area contributed by atoms with Crippen molar-refractivity contribution in [3.8, 4) is 5.88 Å². The highest BCUT2D eigenvalue weighted by Crippen LogP contribution is 2.19. The molecule has 0 unspecified atom stereocenters. The van der Waals surface area contributed by atoms with Gasteiger partial charge in [0, 0.05) is 32.2 Å². The molecule has 5 nitrogen and oxygen atoms in total. The number of hydrogen-bond donors (Lipinski definition) is 0. The van der Waals surface area contributed by atoms with Gasteiger partial charge in [-0.3, -0.25) is 9.78 Å². The van der Waals surface area contributed by atoms with E-state index in [1.807, 2.05) is 13.0 Å². The Balaban J connectivity index is 1.91. The Kier molecular flexibility index (Phi) is 5.11. The summed E-state index contributed by atoms with van der Waals surface area (Å²) in [5.41, 5.74) is 2.10. The predicted molar refractivity (Wildman–Crippen MR) is 80.2 cm³/mol. The molecule has 0 aromatic carbocycles. The number of ether oxygens (including phenoxy) is 1. The minimum atomic E-state index is -0.153. The average Bonchev–Trinajstić information content (AvgIpc) is 2.48. The van der Waals surface area contributed by atoms with Crippen LogP contribution in [0.25, 0.3) is 0 Å². The Morgan fingerprint density at radius 1 is 1.38 bits per heavy atom. The number of likely N-dealkylation sites (N-methyl/N-ethyl adjacent to an activating group) is 1. The van der Waals surface area contributed by atoms with Crippen molar-refractivity contribution in [2.45, 2.75) is 13.5 Å². The Morgan fingerprint density at radius 2 is 2.19 bits per heavy atom. The summed E-state index contributed by atoms with van der Waals surface area (Å²) in [6, 6.07) is 5.28. The fourth-order valence-corrected chi connectivity index (χ4v) is 1.90. The maximum Gasteiger partial charge on any atom is 0.260 e. The van der Waals surface area contributed by atoms with Crippen LogP contribution in [0.15, 0.2) is 36.8 Å². The molecule has 0 aliphatic heterocycles. The Bertz CT molecular complexity index is 634. The van der Waals surface area contributed by atoms with E-state index in [4.69, 9.17) is 16.3 Å². The van der Waals surface area contributed by atoms with E-state index in [2.05, 4.69) is 9.97 Å². The second-order valence-corrected chi connectivity index (χ2v) is 5.04. The molecule has 2 aromatic rings. The molecule has 0 radical (unpaired) electrons. The second-order valence-electron chi connectivity index (χ2n) is 4.63. The Labute approximate surface area is 128 Å². The molecule has 110 valence electrons. The first-order valence-electron chi connectivity index (χ1n) is 6.44. The van der Waals surface area contributed by atoms with Crippen molar-refractivity contribution >= 4 is 17.5 Å². The third kappa shape index (κ3) is 4.16. The molecule has 21 heavy (non-hydrogen) atoms. The van der Waals surface area contributed by atoms with E-state index >= 15 is 0 Å². The molecular formula is C15H16ClN3O2. The van der Waals surface area contributed by atoms with E-state index in [1.54, 1.807) is 42.7 Å². The molecule has 0 N–H and O–H groups in total. The van der Waals surface area contributed by atoms with Crippen LogP contribution in [0.2, 0.25) is 5.02 Å². The van der Waals surface area contributed by atoms with E-state index < -0.39 is 0 Å². The molecule has 2 heterocycles. The van der Waals surface area contributed by atoms with Crippen LogP contribution in [0.4, 0.5) is 0 Å². The molecule has 0 bridgehead atoms. The number of aromatic nitrogens is 2. The van der Waals surface area contributed by atoms with Crippen LogP contribution >= 0.6 is 11.6 Å². The summed E-state index contributed by atoms with van der Waals surface area (Å²) in [6.45, 7) is 2.36. The summed E-state index contributed by atoms with van der Waals surface area (Å²) in [7, 11) is 1.72. The van der Waals surface area contributed by atoms with Crippen molar-refractivity contribution in [1.29, 1.82) is 0 Å². The number of carbonyl (C=O) groups is 1. The van der Waals surface area contributed by atoms with Crippen LogP contribution in [0.1, 0.15) is 11.1 Å². The van der Waals surface area contributed by atoms with E-state index in [9.17, 15) is 4.79 Å².